The fraction of sp³-hybridized carbons (Fsp3) is 0.385. The lowest BCUT2D eigenvalue weighted by atomic mass is 10.1. The van der Waals surface area contributed by atoms with Crippen LogP contribution < -0.4 is 14.8 Å². The number of rotatable bonds is 7. The lowest BCUT2D eigenvalue weighted by molar-refractivity contribution is -0.139. The zero-order valence-electron chi connectivity index (χ0n) is 11.3. The van der Waals surface area contributed by atoms with Crippen LogP contribution in [-0.4, -0.2) is 49.0 Å². The summed E-state index contributed by atoms with van der Waals surface area (Å²) in [6.45, 7) is -0.341. The molecule has 0 aliphatic heterocycles. The normalized spacial score (nSPS) is 11.6. The van der Waals surface area contributed by atoms with Crippen molar-refractivity contribution in [1.29, 1.82) is 0 Å². The molecular weight excluding hydrogens is 266 g/mol. The number of benzene rings is 1. The Morgan fingerprint density at radius 1 is 1.30 bits per heavy atom. The third-order valence-corrected chi connectivity index (χ3v) is 2.67. The first-order valence-corrected chi connectivity index (χ1v) is 5.90. The van der Waals surface area contributed by atoms with Gasteiger partial charge in [-0.15, -0.1) is 0 Å². The standard InChI is InChI=1S/C13H17NO6/c1-19-8-3-4-11(20-2)9(7-8)12(16)14-10(5-6-15)13(17)18/h3-4,7,10,15H,5-6H2,1-2H3,(H,14,16)(H,17,18)/t10-/m0/s1. The number of hydrogen-bond donors (Lipinski definition) is 3. The Morgan fingerprint density at radius 3 is 2.50 bits per heavy atom. The van der Waals surface area contributed by atoms with Gasteiger partial charge in [-0.1, -0.05) is 0 Å². The predicted octanol–water partition coefficient (Wildman–Crippen LogP) is 0.269. The summed E-state index contributed by atoms with van der Waals surface area (Å²) in [5, 5.41) is 20.1. The van der Waals surface area contributed by atoms with Gasteiger partial charge in [0.05, 0.1) is 19.8 Å². The molecule has 0 aliphatic carbocycles. The molecule has 0 saturated heterocycles. The summed E-state index contributed by atoms with van der Waals surface area (Å²) in [7, 11) is 2.86. The molecule has 0 radical (unpaired) electrons. The highest BCUT2D eigenvalue weighted by Crippen LogP contribution is 2.23. The third kappa shape index (κ3) is 3.86. The summed E-state index contributed by atoms with van der Waals surface area (Å²) in [5.74, 6) is -1.07. The monoisotopic (exact) mass is 283 g/mol. The van der Waals surface area contributed by atoms with Crippen molar-refractivity contribution in [2.75, 3.05) is 20.8 Å². The summed E-state index contributed by atoms with van der Waals surface area (Å²) in [6.07, 6.45) is -0.0760. The molecule has 1 amide bonds. The van der Waals surface area contributed by atoms with Gasteiger partial charge < -0.3 is 25.0 Å². The highest BCUT2D eigenvalue weighted by atomic mass is 16.5. The van der Waals surface area contributed by atoms with E-state index >= 15 is 0 Å². The smallest absolute Gasteiger partial charge is 0.326 e. The SMILES string of the molecule is COc1ccc(OC)c(C(=O)N[C@@H](CCO)C(=O)O)c1. The van der Waals surface area contributed by atoms with Crippen molar-refractivity contribution >= 4 is 11.9 Å². The highest BCUT2D eigenvalue weighted by molar-refractivity contribution is 5.99. The van der Waals surface area contributed by atoms with Crippen LogP contribution in [0.3, 0.4) is 0 Å². The molecule has 0 aromatic heterocycles. The number of nitrogens with one attached hydrogen (secondary N) is 1. The molecule has 1 atom stereocenters. The minimum absolute atomic E-state index is 0.0760. The van der Waals surface area contributed by atoms with Gasteiger partial charge in [-0.25, -0.2) is 4.79 Å². The van der Waals surface area contributed by atoms with E-state index in [1.807, 2.05) is 0 Å². The lowest BCUT2D eigenvalue weighted by Gasteiger charge is -2.15. The zero-order valence-corrected chi connectivity index (χ0v) is 11.3. The van der Waals surface area contributed by atoms with Crippen molar-refractivity contribution < 1.29 is 29.3 Å². The van der Waals surface area contributed by atoms with Crippen LogP contribution in [0.4, 0.5) is 0 Å². The quantitative estimate of drug-likeness (QED) is 0.663. The first kappa shape index (κ1) is 15.8. The average Bonchev–Trinajstić information content (AvgIpc) is 2.45. The van der Waals surface area contributed by atoms with E-state index in [-0.39, 0.29) is 18.6 Å². The molecule has 0 heterocycles. The maximum absolute atomic E-state index is 12.1. The Balaban J connectivity index is 2.97. The molecule has 0 aliphatic rings. The van der Waals surface area contributed by atoms with Gasteiger partial charge in [0.2, 0.25) is 0 Å². The van der Waals surface area contributed by atoms with Crippen LogP contribution in [0, 0.1) is 0 Å². The van der Waals surface area contributed by atoms with Crippen LogP contribution in [0.2, 0.25) is 0 Å². The molecule has 20 heavy (non-hydrogen) atoms. The second-order valence-electron chi connectivity index (χ2n) is 3.94. The number of amides is 1. The maximum Gasteiger partial charge on any atom is 0.326 e. The van der Waals surface area contributed by atoms with E-state index < -0.39 is 17.9 Å². The predicted molar refractivity (Wildman–Crippen MR) is 70.1 cm³/mol. The minimum atomic E-state index is -1.21. The number of ether oxygens (including phenoxy) is 2. The summed E-state index contributed by atoms with van der Waals surface area (Å²) < 4.78 is 10.1. The largest absolute Gasteiger partial charge is 0.497 e. The Labute approximate surface area is 116 Å². The number of carbonyl (C=O) groups excluding carboxylic acids is 1. The molecule has 0 bridgehead atoms. The second kappa shape index (κ2) is 7.34. The van der Waals surface area contributed by atoms with Crippen LogP contribution >= 0.6 is 0 Å². The first-order valence-electron chi connectivity index (χ1n) is 5.90. The maximum atomic E-state index is 12.1. The summed E-state index contributed by atoms with van der Waals surface area (Å²) >= 11 is 0. The number of carboxylic acids is 1. The van der Waals surface area contributed by atoms with E-state index in [0.717, 1.165) is 0 Å². The van der Waals surface area contributed by atoms with Crippen molar-refractivity contribution in [2.24, 2.45) is 0 Å². The minimum Gasteiger partial charge on any atom is -0.497 e. The Bertz CT molecular complexity index is 488. The highest BCUT2D eigenvalue weighted by Gasteiger charge is 2.22. The van der Waals surface area contributed by atoms with Crippen LogP contribution in [0.15, 0.2) is 18.2 Å². The molecule has 1 rings (SSSR count). The van der Waals surface area contributed by atoms with Crippen LogP contribution in [0.1, 0.15) is 16.8 Å². The molecule has 1 aromatic carbocycles. The van der Waals surface area contributed by atoms with E-state index in [2.05, 4.69) is 5.32 Å². The Morgan fingerprint density at radius 2 is 2.00 bits per heavy atom. The Kier molecular flexibility index (Phi) is 5.79. The molecule has 0 saturated carbocycles. The van der Waals surface area contributed by atoms with Crippen LogP contribution in [0.25, 0.3) is 0 Å². The summed E-state index contributed by atoms with van der Waals surface area (Å²) in [4.78, 5) is 23.0. The number of aliphatic hydroxyl groups excluding tert-OH is 1. The Hall–Kier alpha value is -2.28. The van der Waals surface area contributed by atoms with E-state index in [9.17, 15) is 9.59 Å². The van der Waals surface area contributed by atoms with Gasteiger partial charge in [-0.3, -0.25) is 4.79 Å². The number of methoxy groups -OCH3 is 2. The molecule has 0 unspecified atom stereocenters. The molecule has 3 N–H and O–H groups in total. The molecule has 110 valence electrons. The molecule has 7 nitrogen and oxygen atoms in total. The fourth-order valence-corrected chi connectivity index (χ4v) is 1.61. The first-order chi connectivity index (χ1) is 9.53. The third-order valence-electron chi connectivity index (χ3n) is 2.67. The van der Waals surface area contributed by atoms with E-state index in [1.165, 1.54) is 20.3 Å². The van der Waals surface area contributed by atoms with Gasteiger partial charge in [0.25, 0.3) is 5.91 Å². The lowest BCUT2D eigenvalue weighted by Crippen LogP contribution is -2.41. The van der Waals surface area contributed by atoms with E-state index in [4.69, 9.17) is 19.7 Å². The second-order valence-corrected chi connectivity index (χ2v) is 3.94. The van der Waals surface area contributed by atoms with Crippen molar-refractivity contribution in [3.63, 3.8) is 0 Å². The molecule has 0 spiro atoms. The van der Waals surface area contributed by atoms with Gasteiger partial charge in [0, 0.05) is 13.0 Å². The fourth-order valence-electron chi connectivity index (χ4n) is 1.61. The number of carboxylic acid groups (broad SMARTS) is 1. The van der Waals surface area contributed by atoms with Crippen LogP contribution in [0.5, 0.6) is 11.5 Å². The average molecular weight is 283 g/mol. The van der Waals surface area contributed by atoms with Crippen molar-refractivity contribution in [3.05, 3.63) is 23.8 Å². The number of carbonyl (C=O) groups is 2. The van der Waals surface area contributed by atoms with Gasteiger partial charge in [0.1, 0.15) is 17.5 Å². The number of hydrogen-bond acceptors (Lipinski definition) is 5. The number of aliphatic hydroxyl groups is 1. The van der Waals surface area contributed by atoms with Gasteiger partial charge >= 0.3 is 5.97 Å². The van der Waals surface area contributed by atoms with Gasteiger partial charge in [-0.05, 0) is 18.2 Å². The van der Waals surface area contributed by atoms with E-state index in [0.29, 0.717) is 11.5 Å². The number of aliphatic carboxylic acids is 1. The van der Waals surface area contributed by atoms with Gasteiger partial charge in [0.15, 0.2) is 0 Å². The molecular formula is C13H17NO6. The topological polar surface area (TPSA) is 105 Å². The molecule has 7 heteroatoms. The van der Waals surface area contributed by atoms with Gasteiger partial charge in [-0.2, -0.15) is 0 Å². The van der Waals surface area contributed by atoms with Crippen molar-refractivity contribution in [2.45, 2.75) is 12.5 Å². The summed E-state index contributed by atoms with van der Waals surface area (Å²) in [5.41, 5.74) is 0.163. The van der Waals surface area contributed by atoms with E-state index in [1.54, 1.807) is 12.1 Å². The molecule has 1 aromatic rings. The molecule has 0 fully saturated rings. The van der Waals surface area contributed by atoms with Crippen molar-refractivity contribution in [3.8, 4) is 11.5 Å². The summed E-state index contributed by atoms with van der Waals surface area (Å²) in [6, 6.07) is 3.46. The zero-order chi connectivity index (χ0) is 15.1. The van der Waals surface area contributed by atoms with Crippen LogP contribution in [-0.2, 0) is 4.79 Å². The van der Waals surface area contributed by atoms with Crippen molar-refractivity contribution in [1.82, 2.24) is 5.32 Å².